The lowest BCUT2D eigenvalue weighted by Gasteiger charge is -2.18. The van der Waals surface area contributed by atoms with Crippen molar-refractivity contribution in [2.45, 2.75) is 44.8 Å². The van der Waals surface area contributed by atoms with Gasteiger partial charge in [0.1, 0.15) is 0 Å². The molecule has 4 nitrogen and oxygen atoms in total. The average Bonchev–Trinajstić information content (AvgIpc) is 2.45. The number of methoxy groups -OCH3 is 2. The summed E-state index contributed by atoms with van der Waals surface area (Å²) in [7, 11) is 3.16. The van der Waals surface area contributed by atoms with Gasteiger partial charge in [-0.3, -0.25) is 0 Å². The molecule has 2 unspecified atom stereocenters. The molecule has 0 fully saturated rings. The molecule has 0 radical (unpaired) electrons. The van der Waals surface area contributed by atoms with Gasteiger partial charge in [0, 0.05) is 17.1 Å². The smallest absolute Gasteiger partial charge is 0.162 e. The molecule has 0 bridgehead atoms. The molecule has 1 aromatic rings. The molecule has 114 valence electrons. The van der Waals surface area contributed by atoms with Crippen LogP contribution in [0, 0.1) is 0 Å². The Kier molecular flexibility index (Phi) is 7.13. The minimum Gasteiger partial charge on any atom is -0.493 e. The van der Waals surface area contributed by atoms with Gasteiger partial charge in [0.05, 0.1) is 20.3 Å². The number of aliphatic hydroxyl groups is 1. The van der Waals surface area contributed by atoms with Crippen LogP contribution in [0.2, 0.25) is 5.02 Å². The number of ether oxygens (including phenoxy) is 2. The van der Waals surface area contributed by atoms with Gasteiger partial charge in [0.2, 0.25) is 0 Å². The summed E-state index contributed by atoms with van der Waals surface area (Å²) >= 11 is 6.21. The van der Waals surface area contributed by atoms with E-state index in [1.165, 1.54) is 0 Å². The van der Waals surface area contributed by atoms with Crippen LogP contribution in [0.25, 0.3) is 0 Å². The minimum absolute atomic E-state index is 0.182. The maximum atomic E-state index is 10.0. The van der Waals surface area contributed by atoms with Crippen molar-refractivity contribution >= 4 is 11.6 Å². The first kappa shape index (κ1) is 17.1. The maximum Gasteiger partial charge on any atom is 0.162 e. The molecule has 0 saturated carbocycles. The Bertz CT molecular complexity index is 426. The molecule has 0 aliphatic heterocycles. The largest absolute Gasteiger partial charge is 0.493 e. The molecule has 0 spiro atoms. The van der Waals surface area contributed by atoms with Crippen molar-refractivity contribution < 1.29 is 14.6 Å². The second-order valence-electron chi connectivity index (χ2n) is 4.86. The molecule has 2 atom stereocenters. The van der Waals surface area contributed by atoms with E-state index in [0.717, 1.165) is 18.4 Å². The SMILES string of the molecule is CCCC(N)C(O)CCc1cc(OC)c(OC)cc1Cl. The van der Waals surface area contributed by atoms with Crippen molar-refractivity contribution in [2.24, 2.45) is 5.73 Å². The van der Waals surface area contributed by atoms with Crippen molar-refractivity contribution in [3.05, 3.63) is 22.7 Å². The number of halogens is 1. The Morgan fingerprint density at radius 1 is 1.20 bits per heavy atom. The highest BCUT2D eigenvalue weighted by Gasteiger charge is 2.16. The molecule has 3 N–H and O–H groups in total. The summed E-state index contributed by atoms with van der Waals surface area (Å²) in [4.78, 5) is 0. The number of hydrogen-bond acceptors (Lipinski definition) is 4. The fourth-order valence-corrected chi connectivity index (χ4v) is 2.38. The predicted molar refractivity (Wildman–Crippen MR) is 81.8 cm³/mol. The normalized spacial score (nSPS) is 13.9. The van der Waals surface area contributed by atoms with Gasteiger partial charge in [-0.2, -0.15) is 0 Å². The molecular formula is C15H24ClNO3. The topological polar surface area (TPSA) is 64.7 Å². The van der Waals surface area contributed by atoms with Gasteiger partial charge in [-0.25, -0.2) is 0 Å². The first-order chi connectivity index (χ1) is 9.53. The second kappa shape index (κ2) is 8.35. The summed E-state index contributed by atoms with van der Waals surface area (Å²) in [6.07, 6.45) is 2.50. The number of hydrogen-bond donors (Lipinski definition) is 2. The monoisotopic (exact) mass is 301 g/mol. The fourth-order valence-electron chi connectivity index (χ4n) is 2.13. The van der Waals surface area contributed by atoms with Gasteiger partial charge < -0.3 is 20.3 Å². The van der Waals surface area contributed by atoms with Crippen molar-refractivity contribution in [3.8, 4) is 11.5 Å². The van der Waals surface area contributed by atoms with Gasteiger partial charge >= 0.3 is 0 Å². The van der Waals surface area contributed by atoms with Crippen molar-refractivity contribution in [2.75, 3.05) is 14.2 Å². The first-order valence-electron chi connectivity index (χ1n) is 6.87. The zero-order chi connectivity index (χ0) is 15.1. The third kappa shape index (κ3) is 4.54. The highest BCUT2D eigenvalue weighted by molar-refractivity contribution is 6.31. The van der Waals surface area contributed by atoms with Crippen molar-refractivity contribution in [3.63, 3.8) is 0 Å². The number of rotatable bonds is 8. The van der Waals surface area contributed by atoms with E-state index in [0.29, 0.717) is 29.4 Å². The maximum absolute atomic E-state index is 10.0. The molecule has 0 heterocycles. The van der Waals surface area contributed by atoms with Crippen LogP contribution in [0.1, 0.15) is 31.7 Å². The van der Waals surface area contributed by atoms with Crippen LogP contribution in [0.4, 0.5) is 0 Å². The first-order valence-corrected chi connectivity index (χ1v) is 7.25. The molecule has 0 aliphatic rings. The van der Waals surface area contributed by atoms with Gasteiger partial charge in [-0.1, -0.05) is 24.9 Å². The highest BCUT2D eigenvalue weighted by Crippen LogP contribution is 2.33. The van der Waals surface area contributed by atoms with Crippen LogP contribution in [0.5, 0.6) is 11.5 Å². The summed E-state index contributed by atoms with van der Waals surface area (Å²) in [5, 5.41) is 10.6. The molecule has 20 heavy (non-hydrogen) atoms. The lowest BCUT2D eigenvalue weighted by Crippen LogP contribution is -2.34. The summed E-state index contributed by atoms with van der Waals surface area (Å²) in [5.74, 6) is 1.24. The van der Waals surface area contributed by atoms with Crippen LogP contribution in [0.15, 0.2) is 12.1 Å². The Balaban J connectivity index is 2.73. The van der Waals surface area contributed by atoms with Crippen LogP contribution in [-0.4, -0.2) is 31.5 Å². The Labute approximate surface area is 125 Å². The summed E-state index contributed by atoms with van der Waals surface area (Å²) in [6, 6.07) is 3.40. The Hall–Kier alpha value is -0.970. The van der Waals surface area contributed by atoms with Crippen molar-refractivity contribution in [1.82, 2.24) is 0 Å². The predicted octanol–water partition coefficient (Wildman–Crippen LogP) is 2.78. The van der Waals surface area contributed by atoms with Crippen LogP contribution in [-0.2, 0) is 6.42 Å². The number of benzene rings is 1. The Morgan fingerprint density at radius 3 is 2.35 bits per heavy atom. The number of aryl methyl sites for hydroxylation is 1. The number of aliphatic hydroxyl groups excluding tert-OH is 1. The molecule has 0 aromatic heterocycles. The highest BCUT2D eigenvalue weighted by atomic mass is 35.5. The van der Waals surface area contributed by atoms with E-state index < -0.39 is 6.10 Å². The summed E-state index contributed by atoms with van der Waals surface area (Å²) in [6.45, 7) is 2.05. The standard InChI is InChI=1S/C15H24ClNO3/c1-4-5-12(17)13(18)7-6-10-8-14(19-2)15(20-3)9-11(10)16/h8-9,12-13,18H,4-7,17H2,1-3H3. The summed E-state index contributed by atoms with van der Waals surface area (Å²) < 4.78 is 10.4. The third-order valence-corrected chi connectivity index (χ3v) is 3.73. The van der Waals surface area contributed by atoms with E-state index in [9.17, 15) is 5.11 Å². The summed E-state index contributed by atoms with van der Waals surface area (Å²) in [5.41, 5.74) is 6.83. The van der Waals surface area contributed by atoms with Crippen LogP contribution < -0.4 is 15.2 Å². The van der Waals surface area contributed by atoms with Crippen LogP contribution in [0.3, 0.4) is 0 Å². The second-order valence-corrected chi connectivity index (χ2v) is 5.26. The van der Waals surface area contributed by atoms with Crippen molar-refractivity contribution in [1.29, 1.82) is 0 Å². The van der Waals surface area contributed by atoms with Gasteiger partial charge in [0.15, 0.2) is 11.5 Å². The average molecular weight is 302 g/mol. The lowest BCUT2D eigenvalue weighted by atomic mass is 9.99. The quantitative estimate of drug-likeness (QED) is 0.775. The van der Waals surface area contributed by atoms with E-state index in [1.807, 2.05) is 6.07 Å². The molecule has 0 saturated heterocycles. The number of nitrogens with two attached hydrogens (primary N) is 1. The zero-order valence-electron chi connectivity index (χ0n) is 12.4. The molecule has 5 heteroatoms. The van der Waals surface area contributed by atoms with Gasteiger partial charge in [-0.05, 0) is 30.9 Å². The molecular weight excluding hydrogens is 278 g/mol. The van der Waals surface area contributed by atoms with E-state index in [2.05, 4.69) is 6.92 Å². The minimum atomic E-state index is -0.515. The van der Waals surface area contributed by atoms with E-state index in [4.69, 9.17) is 26.8 Å². The lowest BCUT2D eigenvalue weighted by molar-refractivity contribution is 0.131. The van der Waals surface area contributed by atoms with Gasteiger partial charge in [-0.15, -0.1) is 0 Å². The van der Waals surface area contributed by atoms with E-state index >= 15 is 0 Å². The van der Waals surface area contributed by atoms with Crippen LogP contribution >= 0.6 is 11.6 Å². The van der Waals surface area contributed by atoms with E-state index in [-0.39, 0.29) is 6.04 Å². The Morgan fingerprint density at radius 2 is 1.80 bits per heavy atom. The molecule has 0 aliphatic carbocycles. The molecule has 1 rings (SSSR count). The zero-order valence-corrected chi connectivity index (χ0v) is 13.1. The van der Waals surface area contributed by atoms with E-state index in [1.54, 1.807) is 20.3 Å². The van der Waals surface area contributed by atoms with Gasteiger partial charge in [0.25, 0.3) is 0 Å². The fraction of sp³-hybridized carbons (Fsp3) is 0.600. The molecule has 1 aromatic carbocycles. The third-order valence-electron chi connectivity index (χ3n) is 3.38. The molecule has 0 amide bonds.